The molecule has 0 amide bonds. The third-order valence-electron chi connectivity index (χ3n) is 2.34. The molecule has 0 aliphatic rings. The number of carbonyl (C=O) groups excluding carboxylic acids is 1. The Balaban J connectivity index is 2.13. The van der Waals surface area contributed by atoms with Crippen LogP contribution in [0.25, 0.3) is 0 Å². The van der Waals surface area contributed by atoms with E-state index in [1.165, 1.54) is 0 Å². The summed E-state index contributed by atoms with van der Waals surface area (Å²) in [6, 6.07) is 18.2. The van der Waals surface area contributed by atoms with Crippen LogP contribution in [0.15, 0.2) is 60.7 Å². The van der Waals surface area contributed by atoms with Crippen molar-refractivity contribution in [3.05, 3.63) is 60.7 Å². The lowest BCUT2D eigenvalue weighted by Crippen LogP contribution is -2.40. The molecular weight excluding hydrogens is 228 g/mol. The lowest BCUT2D eigenvalue weighted by atomic mass is 10.3. The number of ether oxygens (including phenoxy) is 2. The minimum Gasteiger partial charge on any atom is -0.446 e. The van der Waals surface area contributed by atoms with Crippen LogP contribution < -0.4 is 9.47 Å². The van der Waals surface area contributed by atoms with E-state index in [4.69, 9.17) is 9.47 Å². The average Bonchev–Trinajstić information content (AvgIpc) is 2.41. The second-order valence-electron chi connectivity index (χ2n) is 3.96. The summed E-state index contributed by atoms with van der Waals surface area (Å²) in [6.45, 7) is 1.58. The fourth-order valence-electron chi connectivity index (χ4n) is 1.51. The molecular formula is C15H14O3. The fraction of sp³-hybridized carbons (Fsp3) is 0.133. The number of carbonyl (C=O) groups is 1. The molecule has 0 saturated carbocycles. The van der Waals surface area contributed by atoms with Gasteiger partial charge in [-0.2, -0.15) is 0 Å². The minimum absolute atomic E-state index is 0.586. The standard InChI is InChI=1S/C15H14O3/c1-15(12-16,17-13-8-4-2-5-9-13)18-14-10-6-3-7-11-14/h2-12H,1H3. The van der Waals surface area contributed by atoms with E-state index in [2.05, 4.69) is 0 Å². The lowest BCUT2D eigenvalue weighted by Gasteiger charge is -2.25. The Bertz CT molecular complexity index is 452. The van der Waals surface area contributed by atoms with Gasteiger partial charge in [0.25, 0.3) is 0 Å². The zero-order valence-corrected chi connectivity index (χ0v) is 10.1. The van der Waals surface area contributed by atoms with Crippen molar-refractivity contribution in [3.63, 3.8) is 0 Å². The maximum Gasteiger partial charge on any atom is 0.305 e. The Morgan fingerprint density at radius 1 is 0.833 bits per heavy atom. The average molecular weight is 242 g/mol. The molecule has 3 heteroatoms. The smallest absolute Gasteiger partial charge is 0.305 e. The molecule has 0 bridgehead atoms. The first-order chi connectivity index (χ1) is 8.72. The molecule has 0 unspecified atom stereocenters. The molecule has 0 aromatic heterocycles. The van der Waals surface area contributed by atoms with Crippen molar-refractivity contribution in [2.24, 2.45) is 0 Å². The van der Waals surface area contributed by atoms with Gasteiger partial charge in [0.2, 0.25) is 6.29 Å². The molecule has 18 heavy (non-hydrogen) atoms. The third kappa shape index (κ3) is 3.10. The highest BCUT2D eigenvalue weighted by molar-refractivity contribution is 5.61. The maximum atomic E-state index is 11.2. The van der Waals surface area contributed by atoms with Crippen LogP contribution >= 0.6 is 0 Å². The van der Waals surface area contributed by atoms with Gasteiger partial charge in [0, 0.05) is 6.92 Å². The molecule has 0 fully saturated rings. The molecule has 2 aromatic carbocycles. The monoisotopic (exact) mass is 242 g/mol. The fourth-order valence-corrected chi connectivity index (χ4v) is 1.51. The number of hydrogen-bond donors (Lipinski definition) is 0. The SMILES string of the molecule is CC(C=O)(Oc1ccccc1)Oc1ccccc1. The van der Waals surface area contributed by atoms with Crippen molar-refractivity contribution in [2.75, 3.05) is 0 Å². The second kappa shape index (κ2) is 5.36. The topological polar surface area (TPSA) is 35.5 Å². The molecule has 3 nitrogen and oxygen atoms in total. The van der Waals surface area contributed by atoms with Gasteiger partial charge in [0.1, 0.15) is 11.5 Å². The van der Waals surface area contributed by atoms with Gasteiger partial charge in [-0.25, -0.2) is 0 Å². The van der Waals surface area contributed by atoms with Crippen molar-refractivity contribution in [3.8, 4) is 11.5 Å². The second-order valence-corrected chi connectivity index (χ2v) is 3.96. The van der Waals surface area contributed by atoms with Crippen LogP contribution in [0, 0.1) is 0 Å². The summed E-state index contributed by atoms with van der Waals surface area (Å²) >= 11 is 0. The first-order valence-electron chi connectivity index (χ1n) is 5.66. The number of rotatable bonds is 5. The minimum atomic E-state index is -1.33. The summed E-state index contributed by atoms with van der Waals surface area (Å²) < 4.78 is 11.1. The van der Waals surface area contributed by atoms with Gasteiger partial charge in [-0.1, -0.05) is 36.4 Å². The van der Waals surface area contributed by atoms with Gasteiger partial charge in [0.05, 0.1) is 0 Å². The van der Waals surface area contributed by atoms with E-state index in [0.717, 1.165) is 0 Å². The van der Waals surface area contributed by atoms with Crippen LogP contribution in [0.2, 0.25) is 0 Å². The predicted octanol–water partition coefficient (Wildman–Crippen LogP) is 3.06. The van der Waals surface area contributed by atoms with Gasteiger partial charge < -0.3 is 9.47 Å². The lowest BCUT2D eigenvalue weighted by molar-refractivity contribution is -0.145. The molecule has 0 saturated heterocycles. The molecule has 0 heterocycles. The predicted molar refractivity (Wildman–Crippen MR) is 68.6 cm³/mol. The van der Waals surface area contributed by atoms with Crippen molar-refractivity contribution >= 4 is 6.29 Å². The van der Waals surface area contributed by atoms with Crippen LogP contribution in [0.1, 0.15) is 6.92 Å². The number of para-hydroxylation sites is 2. The number of aldehydes is 1. The van der Waals surface area contributed by atoms with Crippen LogP contribution in [-0.2, 0) is 4.79 Å². The highest BCUT2D eigenvalue weighted by atomic mass is 16.7. The van der Waals surface area contributed by atoms with E-state index >= 15 is 0 Å². The van der Waals surface area contributed by atoms with Crippen molar-refractivity contribution < 1.29 is 14.3 Å². The van der Waals surface area contributed by atoms with E-state index in [1.807, 2.05) is 36.4 Å². The molecule has 0 aliphatic heterocycles. The molecule has 0 atom stereocenters. The third-order valence-corrected chi connectivity index (χ3v) is 2.34. The molecule has 0 radical (unpaired) electrons. The molecule has 0 aliphatic carbocycles. The molecule has 92 valence electrons. The van der Waals surface area contributed by atoms with Crippen LogP contribution in [-0.4, -0.2) is 12.1 Å². The van der Waals surface area contributed by atoms with E-state index in [1.54, 1.807) is 31.2 Å². The zero-order chi connectivity index (χ0) is 12.8. The summed E-state index contributed by atoms with van der Waals surface area (Å²) in [5.74, 6) is -0.158. The van der Waals surface area contributed by atoms with Crippen LogP contribution in [0.5, 0.6) is 11.5 Å². The van der Waals surface area contributed by atoms with Crippen LogP contribution in [0.4, 0.5) is 0 Å². The van der Waals surface area contributed by atoms with E-state index < -0.39 is 5.79 Å². The largest absolute Gasteiger partial charge is 0.446 e. The Morgan fingerprint density at radius 2 is 1.22 bits per heavy atom. The quantitative estimate of drug-likeness (QED) is 0.597. The number of hydrogen-bond acceptors (Lipinski definition) is 3. The Kier molecular flexibility index (Phi) is 3.63. The van der Waals surface area contributed by atoms with Crippen molar-refractivity contribution in [1.29, 1.82) is 0 Å². The van der Waals surface area contributed by atoms with E-state index in [9.17, 15) is 4.79 Å². The summed E-state index contributed by atoms with van der Waals surface area (Å²) in [6.07, 6.45) is 0.646. The van der Waals surface area contributed by atoms with E-state index in [0.29, 0.717) is 17.8 Å². The highest BCUT2D eigenvalue weighted by Crippen LogP contribution is 2.21. The Morgan fingerprint density at radius 3 is 1.56 bits per heavy atom. The summed E-state index contributed by atoms with van der Waals surface area (Å²) in [5, 5.41) is 0. The van der Waals surface area contributed by atoms with Crippen molar-refractivity contribution in [2.45, 2.75) is 12.7 Å². The first-order valence-corrected chi connectivity index (χ1v) is 5.66. The summed E-state index contributed by atoms with van der Waals surface area (Å²) in [5.41, 5.74) is 0. The van der Waals surface area contributed by atoms with Gasteiger partial charge in [0.15, 0.2) is 0 Å². The van der Waals surface area contributed by atoms with Gasteiger partial charge in [-0.15, -0.1) is 0 Å². The molecule has 2 rings (SSSR count). The molecule has 0 N–H and O–H groups in total. The Hall–Kier alpha value is -2.29. The Labute approximate surface area is 106 Å². The van der Waals surface area contributed by atoms with Crippen molar-refractivity contribution in [1.82, 2.24) is 0 Å². The first kappa shape index (κ1) is 12.2. The normalized spacial score (nSPS) is 10.7. The summed E-state index contributed by atoms with van der Waals surface area (Å²) in [7, 11) is 0. The van der Waals surface area contributed by atoms with Crippen LogP contribution in [0.3, 0.4) is 0 Å². The zero-order valence-electron chi connectivity index (χ0n) is 10.1. The maximum absolute atomic E-state index is 11.2. The molecule has 2 aromatic rings. The molecule has 0 spiro atoms. The van der Waals surface area contributed by atoms with Gasteiger partial charge in [-0.05, 0) is 24.3 Å². The number of benzene rings is 2. The van der Waals surface area contributed by atoms with Gasteiger partial charge >= 0.3 is 5.79 Å². The van der Waals surface area contributed by atoms with Gasteiger partial charge in [-0.3, -0.25) is 4.79 Å². The summed E-state index contributed by atoms with van der Waals surface area (Å²) in [4.78, 5) is 11.2. The van der Waals surface area contributed by atoms with E-state index in [-0.39, 0.29) is 0 Å². The highest BCUT2D eigenvalue weighted by Gasteiger charge is 2.28.